The van der Waals surface area contributed by atoms with E-state index in [9.17, 15) is 13.2 Å². The molecule has 0 aromatic heterocycles. The number of ether oxygens (including phenoxy) is 1. The monoisotopic (exact) mass is 597 g/mol. The van der Waals surface area contributed by atoms with Gasteiger partial charge in [-0.1, -0.05) is 79.5 Å². The zero-order valence-electron chi connectivity index (χ0n) is 22.9. The number of halogens is 2. The van der Waals surface area contributed by atoms with Crippen LogP contribution in [-0.4, -0.2) is 32.7 Å². The van der Waals surface area contributed by atoms with Crippen molar-refractivity contribution in [3.05, 3.63) is 112 Å². The maximum absolute atomic E-state index is 14.0. The van der Waals surface area contributed by atoms with Gasteiger partial charge >= 0.3 is 0 Å². The van der Waals surface area contributed by atoms with Gasteiger partial charge in [0.05, 0.1) is 24.0 Å². The summed E-state index contributed by atoms with van der Waals surface area (Å²) in [5, 5.41) is 1.21. The lowest BCUT2D eigenvalue weighted by molar-refractivity contribution is -0.127. The summed E-state index contributed by atoms with van der Waals surface area (Å²) >= 11 is 12.4. The van der Waals surface area contributed by atoms with E-state index >= 15 is 0 Å². The Balaban J connectivity index is 1.59. The van der Waals surface area contributed by atoms with E-state index in [1.807, 2.05) is 43.3 Å². The average molecular weight is 599 g/mol. The van der Waals surface area contributed by atoms with Gasteiger partial charge in [-0.15, -0.1) is 0 Å². The van der Waals surface area contributed by atoms with Crippen LogP contribution >= 0.6 is 23.2 Å². The van der Waals surface area contributed by atoms with E-state index in [0.717, 1.165) is 11.1 Å². The van der Waals surface area contributed by atoms with Gasteiger partial charge in [0.2, 0.25) is 10.0 Å². The number of rotatable bonds is 8. The number of carbonyl (C=O) groups is 1. The molecule has 8 heteroatoms. The molecule has 3 aromatic carbocycles. The van der Waals surface area contributed by atoms with Gasteiger partial charge in [-0.05, 0) is 71.4 Å². The third-order valence-corrected chi connectivity index (χ3v) is 11.2. The molecular formula is C32H33Cl2NO4S. The van der Waals surface area contributed by atoms with Crippen molar-refractivity contribution < 1.29 is 17.9 Å². The highest BCUT2D eigenvalue weighted by atomic mass is 35.5. The molecule has 5 unspecified atom stereocenters. The van der Waals surface area contributed by atoms with Crippen LogP contribution in [-0.2, 0) is 19.6 Å². The number of hydrogen-bond acceptors (Lipinski definition) is 4. The summed E-state index contributed by atoms with van der Waals surface area (Å²) in [7, 11) is -0.632. The number of Topliss-reactive ketones (excluding diaryl/α,β-unsaturated/α-hetero) is 1. The summed E-state index contributed by atoms with van der Waals surface area (Å²) < 4.78 is 35.0. The first-order valence-corrected chi connectivity index (χ1v) is 15.6. The van der Waals surface area contributed by atoms with E-state index in [1.54, 1.807) is 56.6 Å². The van der Waals surface area contributed by atoms with E-state index in [0.29, 0.717) is 15.8 Å². The van der Waals surface area contributed by atoms with Crippen LogP contribution in [0.2, 0.25) is 10.0 Å². The molecule has 7 atom stereocenters. The first-order valence-electron chi connectivity index (χ1n) is 13.4. The molecule has 0 spiro atoms. The molecule has 0 saturated heterocycles. The third kappa shape index (κ3) is 5.00. The van der Waals surface area contributed by atoms with Crippen LogP contribution in [0.3, 0.4) is 0 Å². The number of fused-ring (bicyclic) bond motifs is 2. The maximum Gasteiger partial charge on any atom is 0.243 e. The highest BCUT2D eigenvalue weighted by molar-refractivity contribution is 7.89. The molecule has 5 rings (SSSR count). The summed E-state index contributed by atoms with van der Waals surface area (Å²) in [4.78, 5) is 14.2. The molecular weight excluding hydrogens is 565 g/mol. The molecule has 0 amide bonds. The fraction of sp³-hybridized carbons (Fsp3) is 0.344. The zero-order valence-corrected chi connectivity index (χ0v) is 25.2. The SMILES string of the molecule is COC1=CC([C@@H](C)[C@H](c2ccc(Cl)cc2)N(C)S(=O)(=O)c2ccccc2)C2C(=O)C1C(c1ccc(Cl)cc1)C2C. The predicted octanol–water partition coefficient (Wildman–Crippen LogP) is 7.39. The second-order valence-corrected chi connectivity index (χ2v) is 13.8. The number of ketones is 1. The molecule has 5 nitrogen and oxygen atoms in total. The van der Waals surface area contributed by atoms with Crippen LogP contribution in [0.25, 0.3) is 0 Å². The van der Waals surface area contributed by atoms with E-state index in [1.165, 1.54) is 4.31 Å². The highest BCUT2D eigenvalue weighted by Crippen LogP contribution is 2.57. The molecule has 1 fully saturated rings. The van der Waals surface area contributed by atoms with Crippen molar-refractivity contribution in [3.8, 4) is 0 Å². The Morgan fingerprint density at radius 1 is 0.875 bits per heavy atom. The number of allylic oxidation sites excluding steroid dienone is 2. The van der Waals surface area contributed by atoms with Gasteiger partial charge in [0.1, 0.15) is 11.5 Å². The Labute approximate surface area is 246 Å². The van der Waals surface area contributed by atoms with Gasteiger partial charge in [-0.3, -0.25) is 4.79 Å². The summed E-state index contributed by atoms with van der Waals surface area (Å²) in [6, 6.07) is 22.8. The molecule has 0 radical (unpaired) electrons. The smallest absolute Gasteiger partial charge is 0.243 e. The van der Waals surface area contributed by atoms with Gasteiger partial charge in [-0.2, -0.15) is 4.31 Å². The second-order valence-electron chi connectivity index (χ2n) is 10.9. The van der Waals surface area contributed by atoms with Crippen molar-refractivity contribution in [2.45, 2.75) is 30.7 Å². The molecule has 40 heavy (non-hydrogen) atoms. The number of carbonyl (C=O) groups excluding carboxylic acids is 1. The molecule has 2 bridgehead atoms. The fourth-order valence-corrected chi connectivity index (χ4v) is 8.60. The van der Waals surface area contributed by atoms with Crippen LogP contribution in [0.5, 0.6) is 0 Å². The molecule has 1 saturated carbocycles. The van der Waals surface area contributed by atoms with Crippen LogP contribution in [0.1, 0.15) is 36.9 Å². The largest absolute Gasteiger partial charge is 0.501 e. The van der Waals surface area contributed by atoms with Crippen molar-refractivity contribution in [1.82, 2.24) is 4.31 Å². The fourth-order valence-electron chi connectivity index (χ4n) is 6.90. The molecule has 2 aliphatic carbocycles. The molecule has 0 aliphatic heterocycles. The molecule has 2 aliphatic rings. The number of sulfonamides is 1. The first kappa shape index (κ1) is 28.9. The van der Waals surface area contributed by atoms with Gasteiger partial charge in [0, 0.05) is 28.9 Å². The topological polar surface area (TPSA) is 63.7 Å². The van der Waals surface area contributed by atoms with Crippen molar-refractivity contribution in [3.63, 3.8) is 0 Å². The number of methoxy groups -OCH3 is 1. The second kappa shape index (κ2) is 11.3. The number of hydrogen-bond donors (Lipinski definition) is 0. The number of nitrogens with zero attached hydrogens (tertiary/aromatic N) is 1. The summed E-state index contributed by atoms with van der Waals surface area (Å²) in [5.74, 6) is -0.444. The van der Waals surface area contributed by atoms with Crippen molar-refractivity contribution in [1.29, 1.82) is 0 Å². The Hall–Kier alpha value is -2.64. The maximum atomic E-state index is 14.0. The van der Waals surface area contributed by atoms with Crippen LogP contribution in [0.15, 0.2) is 95.6 Å². The van der Waals surface area contributed by atoms with Crippen molar-refractivity contribution in [2.24, 2.45) is 29.6 Å². The average Bonchev–Trinajstić information content (AvgIpc) is 3.12. The van der Waals surface area contributed by atoms with Crippen LogP contribution in [0.4, 0.5) is 0 Å². The quantitative estimate of drug-likeness (QED) is 0.271. The van der Waals surface area contributed by atoms with Gasteiger partial charge in [0.15, 0.2) is 0 Å². The predicted molar refractivity (Wildman–Crippen MR) is 159 cm³/mol. The lowest BCUT2D eigenvalue weighted by Gasteiger charge is -2.39. The number of benzene rings is 3. The van der Waals surface area contributed by atoms with E-state index in [2.05, 4.69) is 13.0 Å². The van der Waals surface area contributed by atoms with Crippen molar-refractivity contribution >= 4 is 39.0 Å². The van der Waals surface area contributed by atoms with Gasteiger partial charge < -0.3 is 4.74 Å². The Morgan fingerprint density at radius 2 is 1.45 bits per heavy atom. The minimum atomic E-state index is -3.85. The Bertz CT molecular complexity index is 1510. The Morgan fingerprint density at radius 3 is 2.02 bits per heavy atom. The van der Waals surface area contributed by atoms with E-state index in [4.69, 9.17) is 27.9 Å². The summed E-state index contributed by atoms with van der Waals surface area (Å²) in [6.45, 7) is 4.15. The van der Waals surface area contributed by atoms with Gasteiger partial charge in [0.25, 0.3) is 0 Å². The third-order valence-electron chi connectivity index (χ3n) is 8.82. The molecule has 210 valence electrons. The van der Waals surface area contributed by atoms with Gasteiger partial charge in [-0.25, -0.2) is 8.42 Å². The van der Waals surface area contributed by atoms with Crippen molar-refractivity contribution in [2.75, 3.05) is 14.2 Å². The minimum absolute atomic E-state index is 0.0110. The normalized spacial score (nSPS) is 25.9. The Kier molecular flexibility index (Phi) is 8.17. The zero-order chi connectivity index (χ0) is 28.8. The first-order chi connectivity index (χ1) is 19.1. The standard InChI is InChI=1S/C32H33Cl2NO4S/c1-19(31(22-12-16-24(34)17-13-22)35(3)40(37,38)25-8-6-5-7-9-25)26-18-27(39-4)30-28(20(2)29(26)32(30)36)21-10-14-23(33)15-11-21/h5-20,26,28-31H,1-4H3/t19-,20?,26?,28?,29?,30?,31-/m1/s1. The highest BCUT2D eigenvalue weighted by Gasteiger charge is 2.57. The summed E-state index contributed by atoms with van der Waals surface area (Å²) in [6.07, 6.45) is 2.07. The lowest BCUT2D eigenvalue weighted by atomic mass is 9.70. The molecule has 0 heterocycles. The van der Waals surface area contributed by atoms with E-state index in [-0.39, 0.29) is 46.2 Å². The van der Waals surface area contributed by atoms with Crippen LogP contribution < -0.4 is 0 Å². The van der Waals surface area contributed by atoms with E-state index < -0.39 is 16.1 Å². The lowest BCUT2D eigenvalue weighted by Crippen LogP contribution is -2.41. The molecule has 3 aromatic rings. The summed E-state index contributed by atoms with van der Waals surface area (Å²) in [5.41, 5.74) is 1.85. The van der Waals surface area contributed by atoms with Crippen LogP contribution in [0, 0.1) is 29.6 Å². The molecule has 0 N–H and O–H groups in total. The minimum Gasteiger partial charge on any atom is -0.501 e.